The van der Waals surface area contributed by atoms with Crippen LogP contribution in [0.25, 0.3) is 0 Å². The number of methoxy groups -OCH3 is 1. The second kappa shape index (κ2) is 14.6. The highest BCUT2D eigenvalue weighted by atomic mass is 16.5. The van der Waals surface area contributed by atoms with Crippen LogP contribution in [0.5, 0.6) is 0 Å². The Hall–Kier alpha value is -0.830. The van der Waals surface area contributed by atoms with E-state index in [0.29, 0.717) is 0 Å². The number of ether oxygens (including phenoxy) is 1. The van der Waals surface area contributed by atoms with E-state index < -0.39 is 6.04 Å². The molecule has 0 aliphatic rings. The fourth-order valence-corrected chi connectivity index (χ4v) is 2.17. The SMILES string of the molecule is CCCCCC/C=C/CCCCCCC(N)C(=O)OC. The first kappa shape index (κ1) is 19.2. The summed E-state index contributed by atoms with van der Waals surface area (Å²) in [6.45, 7) is 2.24. The summed E-state index contributed by atoms with van der Waals surface area (Å²) in [7, 11) is 1.39. The van der Waals surface area contributed by atoms with Crippen LogP contribution in [-0.4, -0.2) is 19.1 Å². The van der Waals surface area contributed by atoms with E-state index in [9.17, 15) is 4.79 Å². The second-order valence-corrected chi connectivity index (χ2v) is 5.44. The van der Waals surface area contributed by atoms with E-state index in [1.165, 1.54) is 58.5 Å². The molecule has 0 aliphatic carbocycles. The molecule has 1 unspecified atom stereocenters. The Morgan fingerprint density at radius 1 is 1.00 bits per heavy atom. The molecule has 0 fully saturated rings. The van der Waals surface area contributed by atoms with Crippen molar-refractivity contribution in [2.75, 3.05) is 7.11 Å². The normalized spacial score (nSPS) is 12.8. The van der Waals surface area contributed by atoms with Gasteiger partial charge in [0.2, 0.25) is 0 Å². The summed E-state index contributed by atoms with van der Waals surface area (Å²) in [4.78, 5) is 11.1. The summed E-state index contributed by atoms with van der Waals surface area (Å²) in [6, 6.07) is -0.442. The summed E-state index contributed by atoms with van der Waals surface area (Å²) in [6.07, 6.45) is 17.8. The lowest BCUT2D eigenvalue weighted by atomic mass is 10.1. The van der Waals surface area contributed by atoms with Gasteiger partial charge in [-0.25, -0.2) is 0 Å². The van der Waals surface area contributed by atoms with E-state index in [1.54, 1.807) is 0 Å². The molecule has 0 saturated carbocycles. The molecule has 0 heterocycles. The second-order valence-electron chi connectivity index (χ2n) is 5.44. The smallest absolute Gasteiger partial charge is 0.322 e. The average Bonchev–Trinajstić information content (AvgIpc) is 2.47. The van der Waals surface area contributed by atoms with E-state index in [1.807, 2.05) is 0 Å². The summed E-state index contributed by atoms with van der Waals surface area (Å²) in [5.74, 6) is -0.295. The molecule has 20 heavy (non-hydrogen) atoms. The van der Waals surface area contributed by atoms with Crippen LogP contribution in [0.15, 0.2) is 12.2 Å². The van der Waals surface area contributed by atoms with E-state index in [4.69, 9.17) is 5.73 Å². The topological polar surface area (TPSA) is 52.3 Å². The highest BCUT2D eigenvalue weighted by Crippen LogP contribution is 2.09. The molecule has 0 aromatic rings. The third-order valence-electron chi connectivity index (χ3n) is 3.53. The predicted molar refractivity (Wildman–Crippen MR) is 85.6 cm³/mol. The minimum Gasteiger partial charge on any atom is -0.468 e. The van der Waals surface area contributed by atoms with Crippen LogP contribution in [0, 0.1) is 0 Å². The van der Waals surface area contributed by atoms with Gasteiger partial charge in [-0.1, -0.05) is 57.6 Å². The fourth-order valence-electron chi connectivity index (χ4n) is 2.17. The Labute approximate surface area is 125 Å². The number of rotatable bonds is 13. The van der Waals surface area contributed by atoms with Crippen LogP contribution >= 0.6 is 0 Å². The zero-order chi connectivity index (χ0) is 15.1. The highest BCUT2D eigenvalue weighted by Gasteiger charge is 2.12. The molecule has 0 aromatic heterocycles. The van der Waals surface area contributed by atoms with Crippen LogP contribution in [0.1, 0.15) is 77.6 Å². The van der Waals surface area contributed by atoms with Gasteiger partial charge >= 0.3 is 5.97 Å². The first-order valence-electron chi connectivity index (χ1n) is 8.20. The third-order valence-corrected chi connectivity index (χ3v) is 3.53. The van der Waals surface area contributed by atoms with Gasteiger partial charge in [0.05, 0.1) is 7.11 Å². The molecule has 1 atom stereocenters. The molecule has 0 aliphatic heterocycles. The lowest BCUT2D eigenvalue weighted by molar-refractivity contribution is -0.142. The molecule has 3 heteroatoms. The molecule has 2 N–H and O–H groups in total. The molecule has 0 bridgehead atoms. The summed E-state index contributed by atoms with van der Waals surface area (Å²) >= 11 is 0. The largest absolute Gasteiger partial charge is 0.468 e. The van der Waals surface area contributed by atoms with Gasteiger partial charge in [-0.05, 0) is 32.1 Å². The van der Waals surface area contributed by atoms with Crippen LogP contribution in [0.3, 0.4) is 0 Å². The number of nitrogens with two attached hydrogens (primary N) is 1. The molecule has 118 valence electrons. The number of allylic oxidation sites excluding steroid dienone is 2. The third kappa shape index (κ3) is 12.2. The van der Waals surface area contributed by atoms with Gasteiger partial charge < -0.3 is 10.5 Å². The van der Waals surface area contributed by atoms with E-state index in [0.717, 1.165) is 19.3 Å². The molecule has 3 nitrogen and oxygen atoms in total. The molecule has 0 spiro atoms. The van der Waals surface area contributed by atoms with Crippen molar-refractivity contribution in [3.05, 3.63) is 12.2 Å². The first-order valence-corrected chi connectivity index (χ1v) is 8.20. The Morgan fingerprint density at radius 2 is 1.55 bits per heavy atom. The number of hydrogen-bond acceptors (Lipinski definition) is 3. The molecule has 0 amide bonds. The van der Waals surface area contributed by atoms with Crippen molar-refractivity contribution < 1.29 is 9.53 Å². The van der Waals surface area contributed by atoms with Gasteiger partial charge in [-0.3, -0.25) is 4.79 Å². The Kier molecular flexibility index (Phi) is 14.0. The van der Waals surface area contributed by atoms with Crippen LogP contribution in [-0.2, 0) is 9.53 Å². The van der Waals surface area contributed by atoms with Gasteiger partial charge in [0, 0.05) is 0 Å². The minimum atomic E-state index is -0.442. The van der Waals surface area contributed by atoms with Crippen molar-refractivity contribution in [1.29, 1.82) is 0 Å². The molecule has 0 rings (SSSR count). The maximum atomic E-state index is 11.1. The molecule has 0 radical (unpaired) electrons. The van der Waals surface area contributed by atoms with E-state index in [2.05, 4.69) is 23.8 Å². The Morgan fingerprint density at radius 3 is 2.10 bits per heavy atom. The standard InChI is InChI=1S/C17H33NO2/c1-3-4-5-6-7-8-9-10-11-12-13-14-15-16(18)17(19)20-2/h8-9,16H,3-7,10-15,18H2,1-2H3/b9-8+. The Balaban J connectivity index is 3.24. The van der Waals surface area contributed by atoms with Crippen molar-refractivity contribution in [2.24, 2.45) is 5.73 Å². The maximum absolute atomic E-state index is 11.1. The summed E-state index contributed by atoms with van der Waals surface area (Å²) in [5, 5.41) is 0. The number of esters is 1. The van der Waals surface area contributed by atoms with Crippen molar-refractivity contribution in [3.63, 3.8) is 0 Å². The molecule has 0 aromatic carbocycles. The van der Waals surface area contributed by atoms with Crippen molar-refractivity contribution >= 4 is 5.97 Å². The first-order chi connectivity index (χ1) is 9.72. The number of carbonyl (C=O) groups is 1. The zero-order valence-electron chi connectivity index (χ0n) is 13.4. The zero-order valence-corrected chi connectivity index (χ0v) is 13.4. The summed E-state index contributed by atoms with van der Waals surface area (Å²) < 4.78 is 4.60. The highest BCUT2D eigenvalue weighted by molar-refractivity contribution is 5.75. The van der Waals surface area contributed by atoms with E-state index in [-0.39, 0.29) is 5.97 Å². The maximum Gasteiger partial charge on any atom is 0.322 e. The van der Waals surface area contributed by atoms with E-state index >= 15 is 0 Å². The van der Waals surface area contributed by atoms with Gasteiger partial charge in [0.1, 0.15) is 6.04 Å². The minimum absolute atomic E-state index is 0.295. The van der Waals surface area contributed by atoms with Gasteiger partial charge in [0.25, 0.3) is 0 Å². The van der Waals surface area contributed by atoms with Gasteiger partial charge in [0.15, 0.2) is 0 Å². The fraction of sp³-hybridized carbons (Fsp3) is 0.824. The molecular weight excluding hydrogens is 250 g/mol. The van der Waals surface area contributed by atoms with Crippen LogP contribution in [0.4, 0.5) is 0 Å². The predicted octanol–water partition coefficient (Wildman–Crippen LogP) is 4.35. The van der Waals surface area contributed by atoms with Crippen LogP contribution in [0.2, 0.25) is 0 Å². The Bertz CT molecular complexity index is 251. The lowest BCUT2D eigenvalue weighted by Gasteiger charge is -2.08. The molecule has 0 saturated heterocycles. The van der Waals surface area contributed by atoms with Gasteiger partial charge in [-0.2, -0.15) is 0 Å². The van der Waals surface area contributed by atoms with Crippen LogP contribution < -0.4 is 5.73 Å². The monoisotopic (exact) mass is 283 g/mol. The summed E-state index contributed by atoms with van der Waals surface area (Å²) in [5.41, 5.74) is 5.67. The number of unbranched alkanes of at least 4 members (excludes halogenated alkanes) is 8. The number of carbonyl (C=O) groups excluding carboxylic acids is 1. The quantitative estimate of drug-likeness (QED) is 0.310. The van der Waals surface area contributed by atoms with Crippen molar-refractivity contribution in [2.45, 2.75) is 83.6 Å². The molecular formula is C17H33NO2. The van der Waals surface area contributed by atoms with Crippen molar-refractivity contribution in [1.82, 2.24) is 0 Å². The lowest BCUT2D eigenvalue weighted by Crippen LogP contribution is -2.31. The van der Waals surface area contributed by atoms with Crippen molar-refractivity contribution in [3.8, 4) is 0 Å². The average molecular weight is 283 g/mol. The number of hydrogen-bond donors (Lipinski definition) is 1. The van der Waals surface area contributed by atoms with Gasteiger partial charge in [-0.15, -0.1) is 0 Å².